The number of esters is 2. The third-order valence-corrected chi connectivity index (χ3v) is 9.68. The number of nitrogens with zero attached hydrogens (tertiary/aromatic N) is 1. The first-order valence-corrected chi connectivity index (χ1v) is 14.3. The molecule has 0 amide bonds. The van der Waals surface area contributed by atoms with E-state index in [1.54, 1.807) is 7.11 Å². The lowest BCUT2D eigenvalue weighted by atomic mass is 9.77. The molecule has 1 saturated carbocycles. The van der Waals surface area contributed by atoms with Crippen LogP contribution >= 0.6 is 0 Å². The van der Waals surface area contributed by atoms with Gasteiger partial charge in [-0.2, -0.15) is 0 Å². The van der Waals surface area contributed by atoms with Crippen LogP contribution in [-0.2, 0) is 30.2 Å². The fraction of sp³-hybridized carbons (Fsp3) is 0.667. The van der Waals surface area contributed by atoms with Crippen molar-refractivity contribution >= 4 is 11.9 Å². The molecule has 1 spiro atoms. The lowest BCUT2D eigenvalue weighted by molar-refractivity contribution is -0.178. The van der Waals surface area contributed by atoms with Crippen LogP contribution in [0, 0.1) is 5.92 Å². The predicted molar refractivity (Wildman–Crippen MR) is 140 cm³/mol. The minimum Gasteiger partial charge on any atom is -0.497 e. The first-order valence-electron chi connectivity index (χ1n) is 14.3. The fourth-order valence-corrected chi connectivity index (χ4v) is 7.63. The van der Waals surface area contributed by atoms with Gasteiger partial charge in [0.05, 0.1) is 32.1 Å². The van der Waals surface area contributed by atoms with E-state index in [2.05, 4.69) is 11.0 Å². The molecule has 2 aliphatic carbocycles. The van der Waals surface area contributed by atoms with E-state index in [1.807, 2.05) is 12.1 Å². The summed E-state index contributed by atoms with van der Waals surface area (Å²) in [6.45, 7) is 1.99. The summed E-state index contributed by atoms with van der Waals surface area (Å²) in [5.41, 5.74) is -0.162. The van der Waals surface area contributed by atoms with E-state index < -0.39 is 30.1 Å². The van der Waals surface area contributed by atoms with Gasteiger partial charge in [0, 0.05) is 6.54 Å². The Kier molecular flexibility index (Phi) is 7.00. The number of carbonyl (C=O) groups excluding carboxylic acids is 2. The minimum atomic E-state index is -1.97. The SMILES string of the molecule is COC(=O)C[C@](O)(CCC1CCCC1)C(=O)O[C@@H]1C(OC)=C[C@]23CCCN2CCc2cc4c(cc2[C@H]13)OCO4. The molecule has 0 aromatic heterocycles. The molecule has 1 saturated heterocycles. The van der Waals surface area contributed by atoms with Crippen LogP contribution in [0.25, 0.3) is 0 Å². The van der Waals surface area contributed by atoms with Crippen molar-refractivity contribution in [2.75, 3.05) is 34.1 Å². The Labute approximate surface area is 229 Å². The first-order chi connectivity index (χ1) is 18.9. The first kappa shape index (κ1) is 26.4. The Morgan fingerprint density at radius 2 is 1.90 bits per heavy atom. The van der Waals surface area contributed by atoms with E-state index in [4.69, 9.17) is 23.7 Å². The molecule has 3 heterocycles. The highest BCUT2D eigenvalue weighted by Gasteiger charge is 2.59. The van der Waals surface area contributed by atoms with Gasteiger partial charge in [-0.05, 0) is 73.9 Å². The normalized spacial score (nSPS) is 29.1. The maximum absolute atomic E-state index is 13.9. The molecule has 212 valence electrons. The van der Waals surface area contributed by atoms with Gasteiger partial charge in [-0.25, -0.2) is 4.79 Å². The summed E-state index contributed by atoms with van der Waals surface area (Å²) in [5.74, 6) is 0.745. The molecule has 0 unspecified atom stereocenters. The van der Waals surface area contributed by atoms with Crippen molar-refractivity contribution in [2.45, 2.75) is 87.4 Å². The van der Waals surface area contributed by atoms with Crippen LogP contribution in [0.15, 0.2) is 24.0 Å². The van der Waals surface area contributed by atoms with E-state index in [-0.39, 0.29) is 24.7 Å². The van der Waals surface area contributed by atoms with Gasteiger partial charge in [-0.3, -0.25) is 9.69 Å². The van der Waals surface area contributed by atoms with Crippen molar-refractivity contribution in [3.05, 3.63) is 35.1 Å². The molecule has 2 fully saturated rings. The van der Waals surface area contributed by atoms with Crippen molar-refractivity contribution < 1.29 is 38.4 Å². The fourth-order valence-electron chi connectivity index (χ4n) is 7.63. The van der Waals surface area contributed by atoms with Crippen molar-refractivity contribution in [1.82, 2.24) is 4.90 Å². The maximum atomic E-state index is 13.9. The molecule has 39 heavy (non-hydrogen) atoms. The monoisotopic (exact) mass is 541 g/mol. The summed E-state index contributed by atoms with van der Waals surface area (Å²) in [4.78, 5) is 28.7. The zero-order valence-corrected chi connectivity index (χ0v) is 22.9. The summed E-state index contributed by atoms with van der Waals surface area (Å²) in [7, 11) is 2.86. The zero-order valence-electron chi connectivity index (χ0n) is 22.9. The number of fused-ring (bicyclic) bond motifs is 3. The molecule has 3 aliphatic heterocycles. The number of rotatable bonds is 8. The number of aliphatic hydroxyl groups is 1. The average molecular weight is 542 g/mol. The molecular formula is C30H39NO8. The van der Waals surface area contributed by atoms with Crippen molar-refractivity contribution in [3.8, 4) is 11.5 Å². The van der Waals surface area contributed by atoms with E-state index >= 15 is 0 Å². The van der Waals surface area contributed by atoms with E-state index in [1.165, 1.54) is 7.11 Å². The zero-order chi connectivity index (χ0) is 27.2. The largest absolute Gasteiger partial charge is 0.497 e. The maximum Gasteiger partial charge on any atom is 0.339 e. The number of benzene rings is 1. The van der Waals surface area contributed by atoms with Crippen LogP contribution in [0.2, 0.25) is 0 Å². The van der Waals surface area contributed by atoms with Crippen LogP contribution in [0.4, 0.5) is 0 Å². The van der Waals surface area contributed by atoms with Crippen molar-refractivity contribution in [1.29, 1.82) is 0 Å². The van der Waals surface area contributed by atoms with Gasteiger partial charge in [0.25, 0.3) is 0 Å². The lowest BCUT2D eigenvalue weighted by Gasteiger charge is -2.39. The van der Waals surface area contributed by atoms with Crippen molar-refractivity contribution in [2.24, 2.45) is 5.92 Å². The molecule has 6 rings (SSSR count). The molecule has 9 nitrogen and oxygen atoms in total. The second-order valence-electron chi connectivity index (χ2n) is 11.8. The van der Waals surface area contributed by atoms with Crippen LogP contribution in [0.1, 0.15) is 74.8 Å². The number of hydrogen-bond acceptors (Lipinski definition) is 9. The number of ether oxygens (including phenoxy) is 5. The number of hydrogen-bond donors (Lipinski definition) is 1. The van der Waals surface area contributed by atoms with Crippen LogP contribution in [0.3, 0.4) is 0 Å². The quantitative estimate of drug-likeness (QED) is 0.494. The molecule has 0 bridgehead atoms. The van der Waals surface area contributed by atoms with Gasteiger partial charge >= 0.3 is 11.9 Å². The predicted octanol–water partition coefficient (Wildman–Crippen LogP) is 3.61. The van der Waals surface area contributed by atoms with E-state index in [0.717, 1.165) is 74.9 Å². The molecule has 9 heteroatoms. The third kappa shape index (κ3) is 4.57. The molecular weight excluding hydrogens is 502 g/mol. The highest BCUT2D eigenvalue weighted by Crippen LogP contribution is 2.55. The van der Waals surface area contributed by atoms with E-state index in [0.29, 0.717) is 23.8 Å². The van der Waals surface area contributed by atoms with Gasteiger partial charge < -0.3 is 28.8 Å². The van der Waals surface area contributed by atoms with E-state index in [9.17, 15) is 14.7 Å². The minimum absolute atomic E-state index is 0.154. The highest BCUT2D eigenvalue weighted by atomic mass is 16.7. The van der Waals surface area contributed by atoms with Crippen LogP contribution in [-0.4, -0.2) is 73.3 Å². The average Bonchev–Trinajstić information content (AvgIpc) is 3.73. The summed E-state index contributed by atoms with van der Waals surface area (Å²) >= 11 is 0. The standard InChI is InChI=1S/C30H39NO8/c1-35-24-16-29-10-5-12-31(29)13-9-20-14-22-23(38-18-37-22)15-21(20)26(29)27(24)39-28(33)30(34,17-25(32)36-2)11-8-19-6-3-4-7-19/h14-16,19,26-27,34H,3-13,17-18H2,1-2H3/t26-,27-,29+,30-/m1/s1. The van der Waals surface area contributed by atoms with Crippen LogP contribution < -0.4 is 9.47 Å². The summed E-state index contributed by atoms with van der Waals surface area (Å²) in [5, 5.41) is 11.6. The van der Waals surface area contributed by atoms with Gasteiger partial charge in [-0.15, -0.1) is 0 Å². The molecule has 1 aromatic carbocycles. The molecule has 1 aromatic rings. The summed E-state index contributed by atoms with van der Waals surface area (Å²) in [6.07, 6.45) is 9.00. The second-order valence-corrected chi connectivity index (χ2v) is 11.8. The molecule has 1 N–H and O–H groups in total. The Morgan fingerprint density at radius 1 is 1.13 bits per heavy atom. The van der Waals surface area contributed by atoms with Crippen LogP contribution in [0.5, 0.6) is 11.5 Å². The highest BCUT2D eigenvalue weighted by molar-refractivity contribution is 5.86. The number of carbonyl (C=O) groups is 2. The van der Waals surface area contributed by atoms with Gasteiger partial charge in [-0.1, -0.05) is 25.7 Å². The Hall–Kier alpha value is -2.78. The molecule has 0 radical (unpaired) electrons. The smallest absolute Gasteiger partial charge is 0.339 e. The third-order valence-electron chi connectivity index (χ3n) is 9.68. The number of methoxy groups -OCH3 is 2. The molecule has 4 atom stereocenters. The van der Waals surface area contributed by atoms with Gasteiger partial charge in [0.1, 0.15) is 5.76 Å². The van der Waals surface area contributed by atoms with Gasteiger partial charge in [0.2, 0.25) is 6.79 Å². The Morgan fingerprint density at radius 3 is 2.64 bits per heavy atom. The Bertz CT molecular complexity index is 1160. The Balaban J connectivity index is 1.35. The summed E-state index contributed by atoms with van der Waals surface area (Å²) < 4.78 is 28.4. The lowest BCUT2D eigenvalue weighted by Crippen LogP contribution is -2.49. The van der Waals surface area contributed by atoms with Crippen molar-refractivity contribution in [3.63, 3.8) is 0 Å². The van der Waals surface area contributed by atoms with Gasteiger partial charge in [0.15, 0.2) is 23.2 Å². The second kappa shape index (κ2) is 10.3. The summed E-state index contributed by atoms with van der Waals surface area (Å²) in [6, 6.07) is 4.08. The topological polar surface area (TPSA) is 104 Å². The molecule has 5 aliphatic rings.